The summed E-state index contributed by atoms with van der Waals surface area (Å²) in [5.74, 6) is 0.231. The molecule has 0 aliphatic carbocycles. The highest BCUT2D eigenvalue weighted by Gasteiger charge is 2.27. The quantitative estimate of drug-likeness (QED) is 0.543. The second-order valence-electron chi connectivity index (χ2n) is 7.38. The lowest BCUT2D eigenvalue weighted by molar-refractivity contribution is -0.137. The summed E-state index contributed by atoms with van der Waals surface area (Å²) in [7, 11) is 0. The van der Waals surface area contributed by atoms with Crippen LogP contribution in [0.25, 0.3) is 5.70 Å². The van der Waals surface area contributed by atoms with Crippen molar-refractivity contribution in [3.05, 3.63) is 113 Å². The fourth-order valence-corrected chi connectivity index (χ4v) is 4.35. The van der Waals surface area contributed by atoms with Gasteiger partial charge in [-0.25, -0.2) is 0 Å². The second kappa shape index (κ2) is 10.1. The van der Waals surface area contributed by atoms with Crippen molar-refractivity contribution in [1.82, 2.24) is 9.80 Å². The summed E-state index contributed by atoms with van der Waals surface area (Å²) >= 11 is 1.47. The van der Waals surface area contributed by atoms with E-state index in [2.05, 4.69) is 0 Å². The lowest BCUT2D eigenvalue weighted by atomic mass is 10.1. The zero-order valence-corrected chi connectivity index (χ0v) is 18.0. The summed E-state index contributed by atoms with van der Waals surface area (Å²) in [6.07, 6.45) is 0. The summed E-state index contributed by atoms with van der Waals surface area (Å²) in [5, 5.41) is 1.97. The average molecular weight is 429 g/mol. The van der Waals surface area contributed by atoms with E-state index in [1.165, 1.54) is 11.8 Å². The Morgan fingerprint density at radius 2 is 1.32 bits per heavy atom. The van der Waals surface area contributed by atoms with Crippen LogP contribution in [-0.4, -0.2) is 33.9 Å². The number of carbonyl (C=O) groups excluding carboxylic acids is 2. The summed E-state index contributed by atoms with van der Waals surface area (Å²) < 4.78 is 0. The number of rotatable bonds is 7. The Labute approximate surface area is 187 Å². The Morgan fingerprint density at radius 3 is 1.87 bits per heavy atom. The number of hydrogen-bond donors (Lipinski definition) is 0. The van der Waals surface area contributed by atoms with Crippen LogP contribution < -0.4 is 0 Å². The van der Waals surface area contributed by atoms with Crippen molar-refractivity contribution in [1.29, 1.82) is 0 Å². The molecule has 31 heavy (non-hydrogen) atoms. The molecule has 0 saturated carbocycles. The first-order valence-electron chi connectivity index (χ1n) is 10.2. The standard InChI is InChI=1S/C26H24N2O2S/c29-25(18-28-24(19-31-20-26(28)30)23-14-8-3-9-15-23)27(16-21-10-4-1-5-11-21)17-22-12-6-2-7-13-22/h1-15,19H,16-18,20H2. The van der Waals surface area contributed by atoms with Crippen LogP contribution in [0.15, 0.2) is 96.4 Å². The minimum Gasteiger partial charge on any atom is -0.332 e. The van der Waals surface area contributed by atoms with Gasteiger partial charge in [-0.05, 0) is 22.1 Å². The van der Waals surface area contributed by atoms with Gasteiger partial charge >= 0.3 is 0 Å². The molecule has 0 aromatic heterocycles. The second-order valence-corrected chi connectivity index (χ2v) is 8.24. The first kappa shape index (κ1) is 20.9. The third-order valence-corrected chi connectivity index (χ3v) is 5.95. The molecule has 4 rings (SSSR count). The van der Waals surface area contributed by atoms with Gasteiger partial charge in [0.25, 0.3) is 0 Å². The smallest absolute Gasteiger partial charge is 0.243 e. The molecular weight excluding hydrogens is 404 g/mol. The van der Waals surface area contributed by atoms with Crippen molar-refractivity contribution in [3.8, 4) is 0 Å². The molecule has 0 spiro atoms. The normalized spacial score (nSPS) is 13.6. The zero-order chi connectivity index (χ0) is 21.5. The Morgan fingerprint density at radius 1 is 0.806 bits per heavy atom. The van der Waals surface area contributed by atoms with Gasteiger partial charge in [0.1, 0.15) is 6.54 Å². The van der Waals surface area contributed by atoms with E-state index < -0.39 is 0 Å². The molecular formula is C26H24N2O2S. The molecule has 0 radical (unpaired) electrons. The van der Waals surface area contributed by atoms with Crippen LogP contribution in [0.5, 0.6) is 0 Å². The van der Waals surface area contributed by atoms with Gasteiger partial charge in [-0.1, -0.05) is 91.0 Å². The molecule has 0 N–H and O–H groups in total. The van der Waals surface area contributed by atoms with Crippen molar-refractivity contribution in [2.75, 3.05) is 12.3 Å². The molecule has 3 aromatic carbocycles. The predicted molar refractivity (Wildman–Crippen MR) is 126 cm³/mol. The van der Waals surface area contributed by atoms with E-state index in [9.17, 15) is 9.59 Å². The maximum absolute atomic E-state index is 13.4. The highest BCUT2D eigenvalue weighted by atomic mass is 32.2. The van der Waals surface area contributed by atoms with Crippen LogP contribution in [0.2, 0.25) is 0 Å². The average Bonchev–Trinajstić information content (AvgIpc) is 2.82. The summed E-state index contributed by atoms with van der Waals surface area (Å²) in [6, 6.07) is 29.7. The van der Waals surface area contributed by atoms with E-state index in [1.54, 1.807) is 4.90 Å². The van der Waals surface area contributed by atoms with Gasteiger partial charge in [-0.15, -0.1) is 11.8 Å². The molecule has 1 heterocycles. The third kappa shape index (κ3) is 5.44. The Balaban J connectivity index is 1.57. The fourth-order valence-electron chi connectivity index (χ4n) is 3.55. The largest absolute Gasteiger partial charge is 0.332 e. The molecule has 0 fully saturated rings. The first-order chi connectivity index (χ1) is 15.2. The lowest BCUT2D eigenvalue weighted by Crippen LogP contribution is -2.43. The highest BCUT2D eigenvalue weighted by Crippen LogP contribution is 2.28. The number of carbonyl (C=O) groups is 2. The van der Waals surface area contributed by atoms with Gasteiger partial charge in [-0.2, -0.15) is 0 Å². The van der Waals surface area contributed by atoms with Crippen LogP contribution in [0.3, 0.4) is 0 Å². The molecule has 0 atom stereocenters. The maximum atomic E-state index is 13.4. The summed E-state index contributed by atoms with van der Waals surface area (Å²) in [5.41, 5.74) is 3.85. The van der Waals surface area contributed by atoms with Crippen LogP contribution in [0.1, 0.15) is 16.7 Å². The predicted octanol–water partition coefficient (Wildman–Crippen LogP) is 4.79. The Hall–Kier alpha value is -3.31. The molecule has 156 valence electrons. The summed E-state index contributed by atoms with van der Waals surface area (Å²) in [6.45, 7) is 1.02. The van der Waals surface area contributed by atoms with Gasteiger partial charge in [0.15, 0.2) is 0 Å². The Bertz CT molecular complexity index is 1010. The van der Waals surface area contributed by atoms with E-state index in [0.717, 1.165) is 22.4 Å². The molecule has 3 aromatic rings. The van der Waals surface area contributed by atoms with Crippen molar-refractivity contribution >= 4 is 29.3 Å². The van der Waals surface area contributed by atoms with Gasteiger partial charge < -0.3 is 9.80 Å². The van der Waals surface area contributed by atoms with Gasteiger partial charge in [0.05, 0.1) is 11.4 Å². The molecule has 4 nitrogen and oxygen atoms in total. The van der Waals surface area contributed by atoms with E-state index in [-0.39, 0.29) is 18.4 Å². The minimum atomic E-state index is -0.0743. The van der Waals surface area contributed by atoms with E-state index in [0.29, 0.717) is 18.8 Å². The number of hydrogen-bond acceptors (Lipinski definition) is 3. The van der Waals surface area contributed by atoms with Gasteiger partial charge in [0, 0.05) is 13.1 Å². The van der Waals surface area contributed by atoms with Crippen LogP contribution in [0, 0.1) is 0 Å². The number of benzene rings is 3. The lowest BCUT2D eigenvalue weighted by Gasteiger charge is -2.31. The number of thioether (sulfide) groups is 1. The third-order valence-electron chi connectivity index (χ3n) is 5.14. The molecule has 0 bridgehead atoms. The number of nitrogens with zero attached hydrogens (tertiary/aromatic N) is 2. The van der Waals surface area contributed by atoms with Crippen LogP contribution >= 0.6 is 11.8 Å². The molecule has 1 aliphatic heterocycles. The van der Waals surface area contributed by atoms with Gasteiger partial charge in [-0.3, -0.25) is 9.59 Å². The van der Waals surface area contributed by atoms with Crippen molar-refractivity contribution < 1.29 is 9.59 Å². The highest BCUT2D eigenvalue weighted by molar-refractivity contribution is 8.03. The van der Waals surface area contributed by atoms with Crippen LogP contribution in [0.4, 0.5) is 0 Å². The van der Waals surface area contributed by atoms with Crippen molar-refractivity contribution in [2.24, 2.45) is 0 Å². The van der Waals surface area contributed by atoms with Crippen molar-refractivity contribution in [3.63, 3.8) is 0 Å². The topological polar surface area (TPSA) is 40.6 Å². The first-order valence-corrected chi connectivity index (χ1v) is 11.3. The zero-order valence-electron chi connectivity index (χ0n) is 17.2. The molecule has 5 heteroatoms. The summed E-state index contributed by atoms with van der Waals surface area (Å²) in [4.78, 5) is 29.6. The van der Waals surface area contributed by atoms with E-state index in [1.807, 2.05) is 101 Å². The molecule has 1 aliphatic rings. The molecule has 0 saturated heterocycles. The van der Waals surface area contributed by atoms with Gasteiger partial charge in [0.2, 0.25) is 11.8 Å². The monoisotopic (exact) mass is 428 g/mol. The number of amides is 2. The molecule has 2 amide bonds. The van der Waals surface area contributed by atoms with E-state index in [4.69, 9.17) is 0 Å². The SMILES string of the molecule is O=C(CN1C(=O)CSC=C1c1ccccc1)N(Cc1ccccc1)Cc1ccccc1. The van der Waals surface area contributed by atoms with Crippen molar-refractivity contribution in [2.45, 2.75) is 13.1 Å². The Kier molecular flexibility index (Phi) is 6.85. The minimum absolute atomic E-state index is 0.0276. The van der Waals surface area contributed by atoms with E-state index >= 15 is 0 Å². The maximum Gasteiger partial charge on any atom is 0.243 e. The fraction of sp³-hybridized carbons (Fsp3) is 0.154. The molecule has 0 unspecified atom stereocenters. The van der Waals surface area contributed by atoms with Crippen LogP contribution in [-0.2, 0) is 22.7 Å².